The molecule has 28 heavy (non-hydrogen) atoms. The van der Waals surface area contributed by atoms with Crippen LogP contribution in [0.4, 0.5) is 0 Å². The lowest BCUT2D eigenvalue weighted by Crippen LogP contribution is -1.97. The highest BCUT2D eigenvalue weighted by Crippen LogP contribution is 2.35. The zero-order valence-electron chi connectivity index (χ0n) is 15.1. The molecule has 4 nitrogen and oxygen atoms in total. The number of aromatic nitrogens is 3. The van der Waals surface area contributed by atoms with Crippen LogP contribution >= 0.6 is 11.3 Å². The van der Waals surface area contributed by atoms with Gasteiger partial charge in [0.25, 0.3) is 0 Å². The molecular weight excluding hydrogens is 366 g/mol. The van der Waals surface area contributed by atoms with Crippen molar-refractivity contribution in [2.24, 2.45) is 0 Å². The number of para-hydroxylation sites is 2. The van der Waals surface area contributed by atoms with Crippen molar-refractivity contribution < 1.29 is 4.74 Å². The summed E-state index contributed by atoms with van der Waals surface area (Å²) in [5.74, 6) is 1.71. The number of ether oxygens (including phenoxy) is 1. The number of methoxy groups -OCH3 is 1. The van der Waals surface area contributed by atoms with Gasteiger partial charge in [-0.25, -0.2) is 9.97 Å². The lowest BCUT2D eigenvalue weighted by Gasteiger charge is -2.07. The van der Waals surface area contributed by atoms with Crippen LogP contribution in [0, 0.1) is 0 Å². The number of fused-ring (bicyclic) bond motifs is 6. The minimum Gasteiger partial charge on any atom is -0.497 e. The summed E-state index contributed by atoms with van der Waals surface area (Å²) < 4.78 is 8.69. The molecule has 0 aliphatic heterocycles. The number of hydrogen-bond acceptors (Lipinski definition) is 4. The normalized spacial score (nSPS) is 11.8. The van der Waals surface area contributed by atoms with E-state index in [0.29, 0.717) is 0 Å². The SMILES string of the molecule is COc1ccc2nc(-c3nc4ccccc4c4cc5ccccc5n34)sc2c1. The highest BCUT2D eigenvalue weighted by molar-refractivity contribution is 7.21. The average Bonchev–Trinajstić information content (AvgIpc) is 3.34. The van der Waals surface area contributed by atoms with Crippen LogP contribution in [-0.4, -0.2) is 21.5 Å². The van der Waals surface area contributed by atoms with E-state index in [1.54, 1.807) is 18.4 Å². The van der Waals surface area contributed by atoms with Crippen LogP contribution in [0.25, 0.3) is 48.4 Å². The van der Waals surface area contributed by atoms with E-state index in [9.17, 15) is 0 Å². The second-order valence-electron chi connectivity index (χ2n) is 6.73. The summed E-state index contributed by atoms with van der Waals surface area (Å²) in [5.41, 5.74) is 4.23. The van der Waals surface area contributed by atoms with Crippen LogP contribution in [0.15, 0.2) is 72.8 Å². The van der Waals surface area contributed by atoms with Gasteiger partial charge in [-0.2, -0.15) is 0 Å². The third-order valence-electron chi connectivity index (χ3n) is 5.12. The summed E-state index contributed by atoms with van der Waals surface area (Å²) >= 11 is 1.64. The maximum Gasteiger partial charge on any atom is 0.174 e. The molecule has 3 aromatic carbocycles. The summed E-state index contributed by atoms with van der Waals surface area (Å²) in [4.78, 5) is 9.89. The van der Waals surface area contributed by atoms with Gasteiger partial charge in [0.05, 0.1) is 33.9 Å². The van der Waals surface area contributed by atoms with E-state index >= 15 is 0 Å². The molecule has 0 radical (unpaired) electrons. The Hall–Kier alpha value is -3.44. The molecule has 0 aliphatic rings. The lowest BCUT2D eigenvalue weighted by atomic mass is 10.2. The Kier molecular flexibility index (Phi) is 3.22. The van der Waals surface area contributed by atoms with Gasteiger partial charge in [-0.15, -0.1) is 11.3 Å². The van der Waals surface area contributed by atoms with Crippen LogP contribution in [-0.2, 0) is 0 Å². The van der Waals surface area contributed by atoms with E-state index in [1.165, 1.54) is 5.39 Å². The standard InChI is InChI=1S/C23H15N3OS/c1-27-15-10-11-18-21(13-15)28-23(25-18)22-24-17-8-4-3-7-16(17)20-12-14-6-2-5-9-19(14)26(20)22/h2-13H,1H3. The predicted molar refractivity (Wildman–Crippen MR) is 115 cm³/mol. The van der Waals surface area contributed by atoms with Crippen LogP contribution in [0.5, 0.6) is 5.75 Å². The molecule has 134 valence electrons. The second kappa shape index (κ2) is 5.78. The van der Waals surface area contributed by atoms with Crippen LogP contribution in [0.2, 0.25) is 0 Å². The molecule has 0 atom stereocenters. The number of benzene rings is 3. The van der Waals surface area contributed by atoms with Gasteiger partial charge in [0.15, 0.2) is 10.8 Å². The smallest absolute Gasteiger partial charge is 0.174 e. The summed E-state index contributed by atoms with van der Waals surface area (Å²) in [6.45, 7) is 0. The van der Waals surface area contributed by atoms with Crippen LogP contribution < -0.4 is 4.74 Å². The number of thiazole rings is 1. The monoisotopic (exact) mass is 381 g/mol. The quantitative estimate of drug-likeness (QED) is 0.373. The Morgan fingerprint density at radius 3 is 2.61 bits per heavy atom. The van der Waals surface area contributed by atoms with E-state index < -0.39 is 0 Å². The molecule has 0 amide bonds. The molecular formula is C23H15N3OS. The summed E-state index contributed by atoms with van der Waals surface area (Å²) in [6, 6.07) is 24.9. The Morgan fingerprint density at radius 2 is 1.68 bits per heavy atom. The Bertz CT molecular complexity index is 1510. The van der Waals surface area contributed by atoms with Crippen molar-refractivity contribution in [2.45, 2.75) is 0 Å². The Morgan fingerprint density at radius 1 is 0.821 bits per heavy atom. The fourth-order valence-electron chi connectivity index (χ4n) is 3.80. The van der Waals surface area contributed by atoms with Gasteiger partial charge in [0.2, 0.25) is 0 Å². The van der Waals surface area contributed by atoms with Gasteiger partial charge < -0.3 is 4.74 Å². The first-order valence-corrected chi connectivity index (χ1v) is 9.87. The highest BCUT2D eigenvalue weighted by atomic mass is 32.1. The van der Waals surface area contributed by atoms with E-state index in [2.05, 4.69) is 52.9 Å². The molecule has 0 saturated carbocycles. The Labute approximate surface area is 164 Å². The van der Waals surface area contributed by atoms with Crippen LogP contribution in [0.3, 0.4) is 0 Å². The van der Waals surface area contributed by atoms with Crippen molar-refractivity contribution in [1.29, 1.82) is 0 Å². The fourth-order valence-corrected chi connectivity index (χ4v) is 4.78. The molecule has 3 heterocycles. The topological polar surface area (TPSA) is 39.4 Å². The third-order valence-corrected chi connectivity index (χ3v) is 6.13. The molecule has 0 N–H and O–H groups in total. The summed E-state index contributed by atoms with van der Waals surface area (Å²) in [5, 5.41) is 3.25. The van der Waals surface area contributed by atoms with Gasteiger partial charge in [0.1, 0.15) is 5.75 Å². The van der Waals surface area contributed by atoms with Crippen molar-refractivity contribution in [1.82, 2.24) is 14.4 Å². The van der Waals surface area contributed by atoms with Gasteiger partial charge in [-0.1, -0.05) is 36.4 Å². The molecule has 6 aromatic rings. The van der Waals surface area contributed by atoms with Gasteiger partial charge in [-0.3, -0.25) is 4.40 Å². The van der Waals surface area contributed by atoms with Crippen molar-refractivity contribution >= 4 is 48.9 Å². The molecule has 0 aliphatic carbocycles. The largest absolute Gasteiger partial charge is 0.497 e. The van der Waals surface area contributed by atoms with E-state index in [0.717, 1.165) is 48.7 Å². The van der Waals surface area contributed by atoms with Gasteiger partial charge in [0, 0.05) is 10.8 Å². The van der Waals surface area contributed by atoms with E-state index in [4.69, 9.17) is 14.7 Å². The van der Waals surface area contributed by atoms with Crippen molar-refractivity contribution in [3.05, 3.63) is 72.8 Å². The highest BCUT2D eigenvalue weighted by Gasteiger charge is 2.17. The Balaban J connectivity index is 1.76. The van der Waals surface area contributed by atoms with Crippen molar-refractivity contribution in [2.75, 3.05) is 7.11 Å². The number of nitrogens with zero attached hydrogens (tertiary/aromatic N) is 3. The minimum absolute atomic E-state index is 0.839. The average molecular weight is 381 g/mol. The maximum absolute atomic E-state index is 5.37. The first kappa shape index (κ1) is 15.6. The number of hydrogen-bond donors (Lipinski definition) is 0. The first-order chi connectivity index (χ1) is 13.8. The summed E-state index contributed by atoms with van der Waals surface area (Å²) in [7, 11) is 1.68. The molecule has 5 heteroatoms. The van der Waals surface area contributed by atoms with E-state index in [-0.39, 0.29) is 0 Å². The zero-order valence-corrected chi connectivity index (χ0v) is 15.9. The van der Waals surface area contributed by atoms with E-state index in [1.807, 2.05) is 24.3 Å². The second-order valence-corrected chi connectivity index (χ2v) is 7.76. The lowest BCUT2D eigenvalue weighted by molar-refractivity contribution is 0.415. The number of rotatable bonds is 2. The molecule has 0 unspecified atom stereocenters. The van der Waals surface area contributed by atoms with Gasteiger partial charge >= 0.3 is 0 Å². The molecule has 0 saturated heterocycles. The predicted octanol–water partition coefficient (Wildman–Crippen LogP) is 5.93. The molecule has 0 fully saturated rings. The van der Waals surface area contributed by atoms with Crippen molar-refractivity contribution in [3.63, 3.8) is 0 Å². The van der Waals surface area contributed by atoms with Crippen molar-refractivity contribution in [3.8, 4) is 16.6 Å². The molecule has 0 spiro atoms. The van der Waals surface area contributed by atoms with Gasteiger partial charge in [-0.05, 0) is 36.4 Å². The fraction of sp³-hybridized carbons (Fsp3) is 0.0435. The van der Waals surface area contributed by atoms with Crippen LogP contribution in [0.1, 0.15) is 0 Å². The summed E-state index contributed by atoms with van der Waals surface area (Å²) in [6.07, 6.45) is 0. The maximum atomic E-state index is 5.37. The first-order valence-electron chi connectivity index (χ1n) is 9.06. The molecule has 6 rings (SSSR count). The minimum atomic E-state index is 0.839. The zero-order chi connectivity index (χ0) is 18.7. The molecule has 0 bridgehead atoms. The molecule has 3 aromatic heterocycles. The third kappa shape index (κ3) is 2.17.